The standard InChI is InChI=1S/C22H21N5O/c1-13-5-4-6-17(11-13)20-15(3)22-24-14(2)12-19(27(22)26-20)25-18-9-7-16(8-10-18)21(23)28/h4-12,25H,1-3H3,(H2,23,28). The fourth-order valence-electron chi connectivity index (χ4n) is 3.27. The first-order chi connectivity index (χ1) is 13.4. The number of fused-ring (bicyclic) bond motifs is 1. The van der Waals surface area contributed by atoms with Gasteiger partial charge in [0, 0.05) is 34.1 Å². The molecule has 0 saturated carbocycles. The topological polar surface area (TPSA) is 85.3 Å². The van der Waals surface area contributed by atoms with Gasteiger partial charge in [0.1, 0.15) is 5.82 Å². The van der Waals surface area contributed by atoms with Crippen LogP contribution in [0, 0.1) is 20.8 Å². The van der Waals surface area contributed by atoms with Crippen molar-refractivity contribution in [3.8, 4) is 11.3 Å². The summed E-state index contributed by atoms with van der Waals surface area (Å²) in [5.41, 5.74) is 12.5. The molecule has 0 fully saturated rings. The van der Waals surface area contributed by atoms with Gasteiger partial charge in [0.15, 0.2) is 5.65 Å². The number of hydrogen-bond donors (Lipinski definition) is 2. The third kappa shape index (κ3) is 3.20. The molecule has 0 spiro atoms. The Hall–Kier alpha value is -3.67. The van der Waals surface area contributed by atoms with E-state index in [1.165, 1.54) is 5.56 Å². The SMILES string of the molecule is Cc1cccc(-c2nn3c(Nc4ccc(C(N)=O)cc4)cc(C)nc3c2C)c1. The molecule has 2 heterocycles. The molecular weight excluding hydrogens is 350 g/mol. The van der Waals surface area contributed by atoms with Crippen molar-refractivity contribution in [3.63, 3.8) is 0 Å². The number of rotatable bonds is 4. The first kappa shape index (κ1) is 17.7. The Kier molecular flexibility index (Phi) is 4.31. The van der Waals surface area contributed by atoms with E-state index in [9.17, 15) is 4.79 Å². The summed E-state index contributed by atoms with van der Waals surface area (Å²) >= 11 is 0. The van der Waals surface area contributed by atoms with Crippen molar-refractivity contribution in [2.75, 3.05) is 5.32 Å². The van der Waals surface area contributed by atoms with Crippen molar-refractivity contribution >= 4 is 23.1 Å². The third-order valence-corrected chi connectivity index (χ3v) is 4.68. The van der Waals surface area contributed by atoms with Crippen molar-refractivity contribution in [2.24, 2.45) is 5.73 Å². The van der Waals surface area contributed by atoms with Crippen LogP contribution in [0.3, 0.4) is 0 Å². The minimum Gasteiger partial charge on any atom is -0.366 e. The predicted molar refractivity (Wildman–Crippen MR) is 111 cm³/mol. The maximum atomic E-state index is 11.3. The van der Waals surface area contributed by atoms with E-state index in [2.05, 4.69) is 35.4 Å². The fraction of sp³-hybridized carbons (Fsp3) is 0.136. The van der Waals surface area contributed by atoms with Gasteiger partial charge in [-0.3, -0.25) is 4.79 Å². The summed E-state index contributed by atoms with van der Waals surface area (Å²) in [5.74, 6) is 0.357. The number of nitrogens with two attached hydrogens (primary N) is 1. The monoisotopic (exact) mass is 371 g/mol. The molecule has 0 aliphatic carbocycles. The minimum absolute atomic E-state index is 0.445. The van der Waals surface area contributed by atoms with Gasteiger partial charge in [0.25, 0.3) is 0 Å². The van der Waals surface area contributed by atoms with Crippen LogP contribution in [0.25, 0.3) is 16.9 Å². The number of hydrogen-bond acceptors (Lipinski definition) is 4. The molecule has 0 bridgehead atoms. The first-order valence-electron chi connectivity index (χ1n) is 9.03. The molecule has 3 N–H and O–H groups in total. The van der Waals surface area contributed by atoms with Crippen molar-refractivity contribution < 1.29 is 4.79 Å². The molecule has 4 aromatic rings. The van der Waals surface area contributed by atoms with Gasteiger partial charge in [-0.15, -0.1) is 0 Å². The van der Waals surface area contributed by atoms with Crippen LogP contribution in [-0.2, 0) is 0 Å². The van der Waals surface area contributed by atoms with Gasteiger partial charge < -0.3 is 11.1 Å². The number of nitrogens with one attached hydrogen (secondary N) is 1. The van der Waals surface area contributed by atoms with Crippen LogP contribution in [0.4, 0.5) is 11.5 Å². The highest BCUT2D eigenvalue weighted by atomic mass is 16.1. The molecule has 6 heteroatoms. The molecule has 6 nitrogen and oxygen atoms in total. The first-order valence-corrected chi connectivity index (χ1v) is 9.03. The van der Waals surface area contributed by atoms with Gasteiger partial charge in [-0.2, -0.15) is 9.61 Å². The van der Waals surface area contributed by atoms with E-state index in [0.29, 0.717) is 5.56 Å². The number of anilines is 2. The van der Waals surface area contributed by atoms with Gasteiger partial charge in [-0.1, -0.05) is 23.8 Å². The lowest BCUT2D eigenvalue weighted by molar-refractivity contribution is 0.100. The Morgan fingerprint density at radius 2 is 1.79 bits per heavy atom. The van der Waals surface area contributed by atoms with Crippen LogP contribution in [-0.4, -0.2) is 20.5 Å². The van der Waals surface area contributed by atoms with E-state index in [4.69, 9.17) is 10.8 Å². The second kappa shape index (κ2) is 6.81. The van der Waals surface area contributed by atoms with Crippen LogP contribution in [0.5, 0.6) is 0 Å². The summed E-state index contributed by atoms with van der Waals surface area (Å²) in [6.45, 7) is 6.07. The number of aryl methyl sites for hydroxylation is 3. The average Bonchev–Trinajstić information content (AvgIpc) is 2.99. The largest absolute Gasteiger partial charge is 0.366 e. The molecule has 0 radical (unpaired) electrons. The molecule has 0 atom stereocenters. The Morgan fingerprint density at radius 3 is 2.46 bits per heavy atom. The summed E-state index contributed by atoms with van der Waals surface area (Å²) in [7, 11) is 0. The second-order valence-corrected chi connectivity index (χ2v) is 6.93. The quantitative estimate of drug-likeness (QED) is 0.564. The molecule has 2 aromatic carbocycles. The van der Waals surface area contributed by atoms with E-state index >= 15 is 0 Å². The average molecular weight is 371 g/mol. The predicted octanol–water partition coefficient (Wildman–Crippen LogP) is 4.16. The fourth-order valence-corrected chi connectivity index (χ4v) is 3.27. The van der Waals surface area contributed by atoms with Crippen molar-refractivity contribution in [3.05, 3.63) is 77.0 Å². The molecule has 140 valence electrons. The Morgan fingerprint density at radius 1 is 1.04 bits per heavy atom. The molecule has 4 rings (SSSR count). The summed E-state index contributed by atoms with van der Waals surface area (Å²) in [6, 6.07) is 17.3. The lowest BCUT2D eigenvalue weighted by Crippen LogP contribution is -2.10. The molecule has 0 aliphatic heterocycles. The summed E-state index contributed by atoms with van der Waals surface area (Å²) in [6.07, 6.45) is 0. The normalized spacial score (nSPS) is 11.0. The number of primary amides is 1. The molecule has 2 aromatic heterocycles. The van der Waals surface area contributed by atoms with Crippen molar-refractivity contribution in [2.45, 2.75) is 20.8 Å². The highest BCUT2D eigenvalue weighted by molar-refractivity contribution is 5.93. The second-order valence-electron chi connectivity index (χ2n) is 6.93. The van der Waals surface area contributed by atoms with Gasteiger partial charge in [0.05, 0.1) is 5.69 Å². The van der Waals surface area contributed by atoms with Crippen molar-refractivity contribution in [1.82, 2.24) is 14.6 Å². The maximum absolute atomic E-state index is 11.3. The summed E-state index contributed by atoms with van der Waals surface area (Å²) in [5, 5.41) is 8.19. The van der Waals surface area contributed by atoms with Crippen LogP contribution in [0.15, 0.2) is 54.6 Å². The number of carbonyl (C=O) groups is 1. The van der Waals surface area contributed by atoms with E-state index in [0.717, 1.165) is 39.7 Å². The number of nitrogens with zero attached hydrogens (tertiary/aromatic N) is 3. The highest BCUT2D eigenvalue weighted by Gasteiger charge is 2.15. The van der Waals surface area contributed by atoms with Gasteiger partial charge in [-0.05, 0) is 51.1 Å². The van der Waals surface area contributed by atoms with Gasteiger partial charge >= 0.3 is 0 Å². The summed E-state index contributed by atoms with van der Waals surface area (Å²) < 4.78 is 1.82. The molecule has 1 amide bonds. The van der Waals surface area contributed by atoms with Gasteiger partial charge in [-0.25, -0.2) is 4.98 Å². The van der Waals surface area contributed by atoms with E-state index in [1.54, 1.807) is 12.1 Å². The highest BCUT2D eigenvalue weighted by Crippen LogP contribution is 2.28. The summed E-state index contributed by atoms with van der Waals surface area (Å²) in [4.78, 5) is 16.0. The minimum atomic E-state index is -0.445. The smallest absolute Gasteiger partial charge is 0.248 e. The zero-order valence-electron chi connectivity index (χ0n) is 16.0. The van der Waals surface area contributed by atoms with Gasteiger partial charge in [0.2, 0.25) is 5.91 Å². The number of benzene rings is 2. The molecule has 0 aliphatic rings. The van der Waals surface area contributed by atoms with Crippen LogP contribution in [0.2, 0.25) is 0 Å². The third-order valence-electron chi connectivity index (χ3n) is 4.68. The maximum Gasteiger partial charge on any atom is 0.248 e. The van der Waals surface area contributed by atoms with Crippen LogP contribution < -0.4 is 11.1 Å². The van der Waals surface area contributed by atoms with E-state index in [-0.39, 0.29) is 0 Å². The Bertz CT molecular complexity index is 1190. The van der Waals surface area contributed by atoms with Crippen LogP contribution >= 0.6 is 0 Å². The Balaban J connectivity index is 1.80. The molecule has 0 saturated heterocycles. The van der Waals surface area contributed by atoms with E-state index in [1.807, 2.05) is 42.6 Å². The molecule has 28 heavy (non-hydrogen) atoms. The Labute approximate surface area is 163 Å². The number of aromatic nitrogens is 3. The molecule has 0 unspecified atom stereocenters. The number of carbonyl (C=O) groups excluding carboxylic acids is 1. The van der Waals surface area contributed by atoms with E-state index < -0.39 is 5.91 Å². The lowest BCUT2D eigenvalue weighted by atomic mass is 10.1. The zero-order valence-corrected chi connectivity index (χ0v) is 16.0. The lowest BCUT2D eigenvalue weighted by Gasteiger charge is -2.10. The van der Waals surface area contributed by atoms with Crippen molar-refractivity contribution in [1.29, 1.82) is 0 Å². The zero-order chi connectivity index (χ0) is 19.8. The number of amides is 1. The molecular formula is C22H21N5O. The van der Waals surface area contributed by atoms with Crippen LogP contribution in [0.1, 0.15) is 27.2 Å².